The monoisotopic (exact) mass is 420 g/mol. The smallest absolute Gasteiger partial charge is 0.307 e. The number of aromatic nitrogens is 2. The normalized spacial score (nSPS) is 19.6. The van der Waals surface area contributed by atoms with Crippen LogP contribution in [0.15, 0.2) is 34.2 Å². The molecule has 1 N–H and O–H groups in total. The fraction of sp³-hybridized carbons (Fsp3) is 0.571. The lowest BCUT2D eigenvalue weighted by molar-refractivity contribution is -0.914. The van der Waals surface area contributed by atoms with Gasteiger partial charge in [0.15, 0.2) is 5.16 Å². The van der Waals surface area contributed by atoms with Gasteiger partial charge in [-0.15, -0.1) is 0 Å². The number of carbonyl (C=O) groups is 1. The van der Waals surface area contributed by atoms with Crippen molar-refractivity contribution in [2.24, 2.45) is 5.92 Å². The van der Waals surface area contributed by atoms with Gasteiger partial charge in [0.2, 0.25) is 0 Å². The second-order valence-corrected chi connectivity index (χ2v) is 8.79. The first-order chi connectivity index (χ1) is 14.0. The number of thioether (sulfide) groups is 1. The maximum absolute atomic E-state index is 13.0. The van der Waals surface area contributed by atoms with E-state index < -0.39 is 0 Å². The van der Waals surface area contributed by atoms with Gasteiger partial charge in [0.25, 0.3) is 5.56 Å². The molecule has 1 aliphatic heterocycles. The minimum atomic E-state index is -0.343. The zero-order valence-corrected chi connectivity index (χ0v) is 18.2. The van der Waals surface area contributed by atoms with Crippen LogP contribution in [0.4, 0.5) is 0 Å². The molecule has 1 fully saturated rings. The molecule has 0 bridgehead atoms. The summed E-state index contributed by atoms with van der Waals surface area (Å²) >= 11 is 1.52. The lowest BCUT2D eigenvalue weighted by Gasteiger charge is -2.31. The number of para-hydroxylation sites is 1. The number of methoxy groups -OCH3 is 1. The van der Waals surface area contributed by atoms with E-state index in [0.717, 1.165) is 32.0 Å². The molecule has 0 radical (unpaired) electrons. The Morgan fingerprint density at radius 2 is 2.21 bits per heavy atom. The quantitative estimate of drug-likeness (QED) is 0.390. The Morgan fingerprint density at radius 3 is 2.97 bits per heavy atom. The van der Waals surface area contributed by atoms with Crippen molar-refractivity contribution in [2.75, 3.05) is 39.1 Å². The molecule has 1 aromatic heterocycles. The van der Waals surface area contributed by atoms with Crippen LogP contribution in [0, 0.1) is 5.92 Å². The van der Waals surface area contributed by atoms with E-state index in [1.165, 1.54) is 18.9 Å². The van der Waals surface area contributed by atoms with E-state index in [9.17, 15) is 9.59 Å². The molecule has 2 atom stereocenters. The first-order valence-corrected chi connectivity index (χ1v) is 11.1. The molecule has 2 aromatic rings. The summed E-state index contributed by atoms with van der Waals surface area (Å²) in [5, 5.41) is 1.18. The first kappa shape index (κ1) is 21.8. The van der Waals surface area contributed by atoms with E-state index in [1.54, 1.807) is 15.5 Å². The van der Waals surface area contributed by atoms with Crippen molar-refractivity contribution in [1.82, 2.24) is 9.55 Å². The summed E-state index contributed by atoms with van der Waals surface area (Å²) in [5.41, 5.74) is 0.546. The molecular weight excluding hydrogens is 390 g/mol. The van der Waals surface area contributed by atoms with Crippen molar-refractivity contribution in [3.63, 3.8) is 0 Å². The lowest BCUT2D eigenvalue weighted by Crippen LogP contribution is -3.15. The van der Waals surface area contributed by atoms with Crippen molar-refractivity contribution in [3.05, 3.63) is 34.6 Å². The Labute approximate surface area is 175 Å². The molecule has 2 heterocycles. The molecule has 7 nitrogen and oxygen atoms in total. The summed E-state index contributed by atoms with van der Waals surface area (Å²) in [6.45, 7) is 8.64. The second kappa shape index (κ2) is 10.2. The Hall–Kier alpha value is -1.90. The highest BCUT2D eigenvalue weighted by Gasteiger charge is 2.25. The standard InChI is InChI=1S/C21H29N3O4S/c1-15(2)12-23-10-11-28-16(13-23)14-29-21-22-18-7-5-4-6-17(18)20(26)24(21)9-8-19(25)27-3/h4-7,15-16H,8-14H2,1-3H3/p+1/t16-/m1/s1. The molecule has 0 amide bonds. The van der Waals surface area contributed by atoms with Crippen LogP contribution in [0.1, 0.15) is 20.3 Å². The van der Waals surface area contributed by atoms with E-state index in [1.807, 2.05) is 18.2 Å². The topological polar surface area (TPSA) is 74.9 Å². The van der Waals surface area contributed by atoms with Gasteiger partial charge < -0.3 is 14.4 Å². The number of rotatable bonds is 8. The van der Waals surface area contributed by atoms with Crippen molar-refractivity contribution in [3.8, 4) is 0 Å². The number of hydrogen-bond donors (Lipinski definition) is 1. The Bertz CT molecular complexity index is 899. The number of nitrogens with zero attached hydrogens (tertiary/aromatic N) is 2. The summed E-state index contributed by atoms with van der Waals surface area (Å²) in [5.74, 6) is 1.04. The fourth-order valence-electron chi connectivity index (χ4n) is 3.65. The summed E-state index contributed by atoms with van der Waals surface area (Å²) in [7, 11) is 1.35. The van der Waals surface area contributed by atoms with Crippen molar-refractivity contribution >= 4 is 28.6 Å². The highest BCUT2D eigenvalue weighted by atomic mass is 32.2. The fourth-order valence-corrected chi connectivity index (χ4v) is 4.69. The second-order valence-electron chi connectivity index (χ2n) is 7.80. The molecule has 0 spiro atoms. The van der Waals surface area contributed by atoms with Gasteiger partial charge >= 0.3 is 5.97 Å². The summed E-state index contributed by atoms with van der Waals surface area (Å²) in [6.07, 6.45) is 0.260. The van der Waals surface area contributed by atoms with Gasteiger partial charge in [-0.05, 0) is 12.1 Å². The average Bonchev–Trinajstić information content (AvgIpc) is 2.71. The van der Waals surface area contributed by atoms with Gasteiger partial charge in [0.05, 0.1) is 37.6 Å². The number of quaternary nitrogens is 1. The third-order valence-electron chi connectivity index (χ3n) is 5.01. The van der Waals surface area contributed by atoms with E-state index in [4.69, 9.17) is 14.5 Å². The molecule has 3 rings (SSSR count). The van der Waals surface area contributed by atoms with Crippen LogP contribution in [0.3, 0.4) is 0 Å². The molecular formula is C21H30N3O4S+. The predicted octanol–water partition coefficient (Wildman–Crippen LogP) is 0.991. The van der Waals surface area contributed by atoms with Crippen LogP contribution >= 0.6 is 11.8 Å². The number of esters is 1. The average molecular weight is 421 g/mol. The minimum Gasteiger partial charge on any atom is -0.469 e. The van der Waals surface area contributed by atoms with Crippen LogP contribution in [0.25, 0.3) is 10.9 Å². The predicted molar refractivity (Wildman–Crippen MR) is 114 cm³/mol. The number of ether oxygens (including phenoxy) is 2. The number of carbonyl (C=O) groups excluding carboxylic acids is 1. The van der Waals surface area contributed by atoms with Gasteiger partial charge in [-0.1, -0.05) is 37.7 Å². The van der Waals surface area contributed by atoms with Crippen molar-refractivity contribution < 1.29 is 19.2 Å². The SMILES string of the molecule is COC(=O)CCn1c(SC[C@H]2C[NH+](CC(C)C)CCO2)nc2ccccc2c1=O. The highest BCUT2D eigenvalue weighted by Crippen LogP contribution is 2.20. The molecule has 8 heteroatoms. The molecule has 0 saturated carbocycles. The maximum Gasteiger partial charge on any atom is 0.307 e. The molecule has 29 heavy (non-hydrogen) atoms. The Balaban J connectivity index is 1.78. The summed E-state index contributed by atoms with van der Waals surface area (Å²) in [6, 6.07) is 7.31. The van der Waals surface area contributed by atoms with Crippen LogP contribution in [-0.4, -0.2) is 60.7 Å². The number of hydrogen-bond acceptors (Lipinski definition) is 6. The first-order valence-electron chi connectivity index (χ1n) is 10.1. The molecule has 1 aliphatic rings. The zero-order chi connectivity index (χ0) is 20.8. The maximum atomic E-state index is 13.0. The number of fused-ring (bicyclic) bond motifs is 1. The van der Waals surface area contributed by atoms with E-state index in [0.29, 0.717) is 22.0 Å². The van der Waals surface area contributed by atoms with Gasteiger partial charge in [0.1, 0.15) is 19.2 Å². The third kappa shape index (κ3) is 5.81. The number of nitrogens with one attached hydrogen (secondary N) is 1. The van der Waals surface area contributed by atoms with E-state index in [2.05, 4.69) is 13.8 Å². The van der Waals surface area contributed by atoms with Crippen LogP contribution < -0.4 is 10.5 Å². The van der Waals surface area contributed by atoms with Gasteiger partial charge in [-0.25, -0.2) is 4.98 Å². The van der Waals surface area contributed by atoms with E-state index >= 15 is 0 Å². The zero-order valence-electron chi connectivity index (χ0n) is 17.3. The van der Waals surface area contributed by atoms with Gasteiger partial charge in [-0.3, -0.25) is 14.2 Å². The van der Waals surface area contributed by atoms with Crippen LogP contribution in [0.2, 0.25) is 0 Å². The molecule has 158 valence electrons. The molecule has 1 aromatic carbocycles. The summed E-state index contributed by atoms with van der Waals surface area (Å²) < 4.78 is 12.3. The van der Waals surface area contributed by atoms with Gasteiger partial charge in [-0.2, -0.15) is 0 Å². The Kier molecular flexibility index (Phi) is 7.69. The largest absolute Gasteiger partial charge is 0.469 e. The van der Waals surface area contributed by atoms with Gasteiger partial charge in [0, 0.05) is 18.2 Å². The number of morpholine rings is 1. The van der Waals surface area contributed by atoms with Crippen molar-refractivity contribution in [2.45, 2.75) is 38.1 Å². The van der Waals surface area contributed by atoms with Crippen LogP contribution in [-0.2, 0) is 20.8 Å². The number of benzene rings is 1. The van der Waals surface area contributed by atoms with E-state index in [-0.39, 0.29) is 30.6 Å². The van der Waals surface area contributed by atoms with Crippen LogP contribution in [0.5, 0.6) is 0 Å². The summed E-state index contributed by atoms with van der Waals surface area (Å²) in [4.78, 5) is 30.9. The molecule has 1 unspecified atom stereocenters. The minimum absolute atomic E-state index is 0.125. The lowest BCUT2D eigenvalue weighted by atomic mass is 10.2. The third-order valence-corrected chi connectivity index (χ3v) is 6.12. The molecule has 1 saturated heterocycles. The van der Waals surface area contributed by atoms with Crippen molar-refractivity contribution in [1.29, 1.82) is 0 Å². The Morgan fingerprint density at radius 1 is 1.41 bits per heavy atom. The highest BCUT2D eigenvalue weighted by molar-refractivity contribution is 7.99. The molecule has 0 aliphatic carbocycles.